The molecule has 0 atom stereocenters. The highest BCUT2D eigenvalue weighted by molar-refractivity contribution is 8.69. The van der Waals surface area contributed by atoms with Crippen LogP contribution in [0.25, 0.3) is 0 Å². The van der Waals surface area contributed by atoms with Crippen molar-refractivity contribution in [1.82, 2.24) is 0 Å². The van der Waals surface area contributed by atoms with Crippen molar-refractivity contribution in [2.75, 3.05) is 11.5 Å². The third kappa shape index (κ3) is 7.58. The third-order valence-corrected chi connectivity index (χ3v) is 4.72. The van der Waals surface area contributed by atoms with Gasteiger partial charge < -0.3 is 5.73 Å². The van der Waals surface area contributed by atoms with Crippen molar-refractivity contribution in [2.45, 2.75) is 32.1 Å². The number of hydrogen-bond acceptors (Lipinski definition) is 4. The average molecular weight is 289 g/mol. The van der Waals surface area contributed by atoms with E-state index < -0.39 is 9.15 Å². The number of nitrogens with two attached hydrogens (primary N) is 1. The Labute approximate surface area is 112 Å². The van der Waals surface area contributed by atoms with Crippen LogP contribution in [0.3, 0.4) is 0 Å². The van der Waals surface area contributed by atoms with Crippen molar-refractivity contribution in [3.63, 3.8) is 0 Å². The van der Waals surface area contributed by atoms with Gasteiger partial charge in [0.25, 0.3) is 0 Å². The lowest BCUT2D eigenvalue weighted by Crippen LogP contribution is -1.92. The van der Waals surface area contributed by atoms with E-state index in [9.17, 15) is 8.42 Å². The summed E-state index contributed by atoms with van der Waals surface area (Å²) in [5.74, 6) is 0.459. The maximum absolute atomic E-state index is 10.4. The minimum Gasteiger partial charge on any atom is -0.399 e. The number of anilines is 1. The molecule has 6 heteroatoms. The van der Waals surface area contributed by atoms with Gasteiger partial charge >= 0.3 is 9.15 Å². The molecule has 0 aromatic heterocycles. The van der Waals surface area contributed by atoms with Crippen molar-refractivity contribution in [3.8, 4) is 0 Å². The summed E-state index contributed by atoms with van der Waals surface area (Å²) < 4.78 is 29.4. The van der Waals surface area contributed by atoms with Crippen LogP contribution < -0.4 is 5.73 Å². The maximum atomic E-state index is 10.4. The molecular formula is C12H19NO3S2. The first-order chi connectivity index (χ1) is 8.47. The van der Waals surface area contributed by atoms with Crippen molar-refractivity contribution in [2.24, 2.45) is 0 Å². The fourth-order valence-corrected chi connectivity index (χ4v) is 3.15. The molecule has 0 radical (unpaired) electrons. The van der Waals surface area contributed by atoms with Crippen LogP contribution in [0, 0.1) is 0 Å². The molecule has 0 amide bonds. The first-order valence-electron chi connectivity index (χ1n) is 5.93. The predicted octanol–water partition coefficient (Wildman–Crippen LogP) is 2.91. The molecule has 1 aromatic rings. The first-order valence-corrected chi connectivity index (χ1v) is 8.88. The Morgan fingerprint density at radius 3 is 2.28 bits per heavy atom. The number of aryl methyl sites for hydroxylation is 1. The zero-order chi connectivity index (χ0) is 13.4. The van der Waals surface area contributed by atoms with Crippen LogP contribution in [0.15, 0.2) is 24.3 Å². The lowest BCUT2D eigenvalue weighted by molar-refractivity contribution is 0.503. The van der Waals surface area contributed by atoms with E-state index in [0.717, 1.165) is 37.8 Å². The molecule has 0 heterocycles. The Bertz CT molecular complexity index is 443. The van der Waals surface area contributed by atoms with Crippen molar-refractivity contribution >= 4 is 25.6 Å². The monoisotopic (exact) mass is 289 g/mol. The molecule has 3 N–H and O–H groups in total. The molecule has 1 aromatic carbocycles. The SMILES string of the molecule is Nc1ccc(CCCCCCSS(=O)(=O)O)cc1. The van der Waals surface area contributed by atoms with Gasteiger partial charge in [-0.25, -0.2) is 0 Å². The second kappa shape index (κ2) is 7.66. The largest absolute Gasteiger partial charge is 0.399 e. The molecule has 0 fully saturated rings. The molecule has 0 saturated carbocycles. The van der Waals surface area contributed by atoms with E-state index >= 15 is 0 Å². The summed E-state index contributed by atoms with van der Waals surface area (Å²) in [6, 6.07) is 7.86. The molecule has 0 unspecified atom stereocenters. The quantitative estimate of drug-likeness (QED) is 0.333. The van der Waals surface area contributed by atoms with Gasteiger partial charge in [0.1, 0.15) is 0 Å². The van der Waals surface area contributed by atoms with Crippen LogP contribution in [-0.2, 0) is 15.6 Å². The zero-order valence-corrected chi connectivity index (χ0v) is 11.8. The lowest BCUT2D eigenvalue weighted by Gasteiger charge is -2.02. The van der Waals surface area contributed by atoms with Crippen LogP contribution >= 0.6 is 10.8 Å². The lowest BCUT2D eigenvalue weighted by atomic mass is 10.1. The summed E-state index contributed by atoms with van der Waals surface area (Å²) >= 11 is 0. The van der Waals surface area contributed by atoms with Crippen LogP contribution in [0.1, 0.15) is 31.2 Å². The molecule has 0 saturated heterocycles. The second-order valence-electron chi connectivity index (χ2n) is 4.16. The molecule has 0 bridgehead atoms. The summed E-state index contributed by atoms with van der Waals surface area (Å²) in [6.45, 7) is 0. The molecule has 0 aliphatic carbocycles. The summed E-state index contributed by atoms with van der Waals surface area (Å²) in [4.78, 5) is 0. The van der Waals surface area contributed by atoms with E-state index in [1.54, 1.807) is 0 Å². The minimum absolute atomic E-state index is 0.459. The van der Waals surface area contributed by atoms with Gasteiger partial charge in [-0.2, -0.15) is 8.42 Å². The fourth-order valence-electron chi connectivity index (χ4n) is 1.63. The van der Waals surface area contributed by atoms with Gasteiger partial charge in [-0.15, -0.1) is 0 Å². The zero-order valence-electron chi connectivity index (χ0n) is 10.2. The topological polar surface area (TPSA) is 80.4 Å². The van der Waals surface area contributed by atoms with Crippen molar-refractivity contribution in [3.05, 3.63) is 29.8 Å². The van der Waals surface area contributed by atoms with Gasteiger partial charge in [0.05, 0.1) is 0 Å². The highest BCUT2D eigenvalue weighted by atomic mass is 33.1. The third-order valence-electron chi connectivity index (χ3n) is 2.57. The van der Waals surface area contributed by atoms with E-state index in [4.69, 9.17) is 10.3 Å². The van der Waals surface area contributed by atoms with E-state index in [2.05, 4.69) is 0 Å². The van der Waals surface area contributed by atoms with E-state index in [1.807, 2.05) is 24.3 Å². The first kappa shape index (κ1) is 15.3. The molecule has 1 rings (SSSR count). The average Bonchev–Trinajstić information content (AvgIpc) is 2.29. The molecule has 0 aliphatic rings. The van der Waals surface area contributed by atoms with E-state index in [1.165, 1.54) is 5.56 Å². The van der Waals surface area contributed by atoms with Gasteiger partial charge in [-0.1, -0.05) is 25.0 Å². The van der Waals surface area contributed by atoms with Crippen molar-refractivity contribution in [1.29, 1.82) is 0 Å². The number of unbranched alkanes of at least 4 members (excludes halogenated alkanes) is 3. The number of rotatable bonds is 8. The summed E-state index contributed by atoms with van der Waals surface area (Å²) in [5, 5.41) is 0. The summed E-state index contributed by atoms with van der Waals surface area (Å²) in [6.07, 6.45) is 4.96. The summed E-state index contributed by atoms with van der Waals surface area (Å²) in [7, 11) is -3.26. The predicted molar refractivity (Wildman–Crippen MR) is 77.0 cm³/mol. The van der Waals surface area contributed by atoms with Crippen LogP contribution in [0.2, 0.25) is 0 Å². The number of nitrogen functional groups attached to an aromatic ring is 1. The van der Waals surface area contributed by atoms with E-state index in [-0.39, 0.29) is 0 Å². The Balaban J connectivity index is 2.04. The Hall–Kier alpha value is -0.720. The minimum atomic E-state index is -3.86. The van der Waals surface area contributed by atoms with Crippen LogP contribution in [-0.4, -0.2) is 18.7 Å². The summed E-state index contributed by atoms with van der Waals surface area (Å²) in [5.41, 5.74) is 7.65. The number of benzene rings is 1. The van der Waals surface area contributed by atoms with Gasteiger partial charge in [0.2, 0.25) is 0 Å². The highest BCUT2D eigenvalue weighted by Crippen LogP contribution is 2.14. The standard InChI is InChI=1S/C12H19NO3S2/c13-12-8-6-11(7-9-12)5-3-1-2-4-10-17-18(14,15)16/h6-9H,1-5,10,13H2,(H,14,15,16). The molecule has 0 spiro atoms. The maximum Gasteiger partial charge on any atom is 0.319 e. The molecule has 18 heavy (non-hydrogen) atoms. The van der Waals surface area contributed by atoms with Crippen LogP contribution in [0.4, 0.5) is 5.69 Å². The molecule has 102 valence electrons. The van der Waals surface area contributed by atoms with Crippen molar-refractivity contribution < 1.29 is 13.0 Å². The molecule has 0 aliphatic heterocycles. The normalized spacial score (nSPS) is 11.6. The van der Waals surface area contributed by atoms with E-state index in [0.29, 0.717) is 16.5 Å². The Morgan fingerprint density at radius 2 is 1.67 bits per heavy atom. The smallest absolute Gasteiger partial charge is 0.319 e. The van der Waals surface area contributed by atoms with Gasteiger partial charge in [-0.3, -0.25) is 4.55 Å². The van der Waals surface area contributed by atoms with Gasteiger partial charge in [0, 0.05) is 11.4 Å². The van der Waals surface area contributed by atoms with Gasteiger partial charge in [-0.05, 0) is 47.8 Å². The highest BCUT2D eigenvalue weighted by Gasteiger charge is 2.03. The Kier molecular flexibility index (Phi) is 6.52. The molecule has 4 nitrogen and oxygen atoms in total. The molecular weight excluding hydrogens is 270 g/mol. The number of hydrogen-bond donors (Lipinski definition) is 2. The fraction of sp³-hybridized carbons (Fsp3) is 0.500. The van der Waals surface area contributed by atoms with Crippen LogP contribution in [0.5, 0.6) is 0 Å². The Morgan fingerprint density at radius 1 is 1.06 bits per heavy atom. The second-order valence-corrected chi connectivity index (χ2v) is 7.63. The van der Waals surface area contributed by atoms with Gasteiger partial charge in [0.15, 0.2) is 0 Å².